The van der Waals surface area contributed by atoms with Gasteiger partial charge in [-0.2, -0.15) is 0 Å². The van der Waals surface area contributed by atoms with Crippen LogP contribution in [0.2, 0.25) is 0 Å². The smallest absolute Gasteiger partial charge is 0.0467 e. The van der Waals surface area contributed by atoms with E-state index in [0.29, 0.717) is 0 Å². The molecule has 106 valence electrons. The van der Waals surface area contributed by atoms with Gasteiger partial charge in [0.05, 0.1) is 0 Å². The molecule has 0 fully saturated rings. The number of rotatable bonds is 2. The van der Waals surface area contributed by atoms with Gasteiger partial charge in [-0.1, -0.05) is 106 Å². The third-order valence-corrected chi connectivity index (χ3v) is 0.495. The summed E-state index contributed by atoms with van der Waals surface area (Å²) in [5.74, 6) is 0. The summed E-state index contributed by atoms with van der Waals surface area (Å²) >= 11 is 0. The molecule has 0 N–H and O–H groups in total. The van der Waals surface area contributed by atoms with E-state index < -0.39 is 0 Å². The van der Waals surface area contributed by atoms with E-state index in [0.717, 1.165) is 0 Å². The van der Waals surface area contributed by atoms with Crippen molar-refractivity contribution in [3.63, 3.8) is 0 Å². The zero-order chi connectivity index (χ0) is 15.5. The lowest BCUT2D eigenvalue weighted by atomic mass is 10.5. The van der Waals surface area contributed by atoms with Crippen molar-refractivity contribution in [2.24, 2.45) is 0 Å². The number of hydrogen-bond acceptors (Lipinski definition) is 0. The van der Waals surface area contributed by atoms with E-state index in [1.807, 2.05) is 74.5 Å². The van der Waals surface area contributed by atoms with Crippen LogP contribution in [0, 0.1) is 0 Å². The minimum Gasteiger partial charge on any atom is -0.0991 e. The van der Waals surface area contributed by atoms with E-state index in [1.165, 1.54) is 0 Å². The third kappa shape index (κ3) is 654. The molecule has 0 nitrogen and oxygen atoms in total. The molecule has 0 atom stereocenters. The first kappa shape index (κ1) is 36.0. The maximum absolute atomic E-state index is 3.46. The third-order valence-electron chi connectivity index (χ3n) is 0.495. The highest BCUT2D eigenvalue weighted by atomic mass is 13.5. The first-order chi connectivity index (χ1) is 8.33. The first-order valence-corrected chi connectivity index (χ1v) is 6.80. The molecule has 0 saturated heterocycles. The number of allylic oxidation sites excluding steroid dienone is 5. The van der Waals surface area contributed by atoms with Crippen LogP contribution in [0.3, 0.4) is 0 Å². The summed E-state index contributed by atoms with van der Waals surface area (Å²) < 4.78 is 0. The van der Waals surface area contributed by atoms with Crippen LogP contribution in [-0.2, 0) is 0 Å². The van der Waals surface area contributed by atoms with Crippen LogP contribution in [0.1, 0.15) is 62.3 Å². The molecule has 0 saturated carbocycles. The molecule has 0 aromatic heterocycles. The van der Waals surface area contributed by atoms with Crippen molar-refractivity contribution in [2.45, 2.75) is 62.3 Å². The summed E-state index contributed by atoms with van der Waals surface area (Å²) in [5, 5.41) is 0. The second kappa shape index (κ2) is 186. The Kier molecular flexibility index (Phi) is 394. The first-order valence-electron chi connectivity index (χ1n) is 6.80. The SMILES string of the molecule is C=C/C=C\C.C=CC=C.CC.CC.CC.CC. The van der Waals surface area contributed by atoms with Crippen LogP contribution in [0.25, 0.3) is 0 Å². The molecule has 0 aliphatic rings. The van der Waals surface area contributed by atoms with Crippen LogP contribution in [0.15, 0.2) is 50.1 Å². The molecular formula is C17H38. The van der Waals surface area contributed by atoms with Gasteiger partial charge >= 0.3 is 0 Å². The summed E-state index contributed by atoms with van der Waals surface area (Å²) in [7, 11) is 0. The van der Waals surface area contributed by atoms with E-state index in [9.17, 15) is 0 Å². The van der Waals surface area contributed by atoms with Crippen LogP contribution in [0.4, 0.5) is 0 Å². The van der Waals surface area contributed by atoms with E-state index >= 15 is 0 Å². The van der Waals surface area contributed by atoms with Gasteiger partial charge in [-0.15, -0.1) is 0 Å². The van der Waals surface area contributed by atoms with Gasteiger partial charge in [0.25, 0.3) is 0 Å². The van der Waals surface area contributed by atoms with E-state index in [-0.39, 0.29) is 0 Å². The van der Waals surface area contributed by atoms with Crippen molar-refractivity contribution in [1.29, 1.82) is 0 Å². The molecule has 0 aliphatic carbocycles. The summed E-state index contributed by atoms with van der Waals surface area (Å²) in [6.45, 7) is 28.1. The summed E-state index contributed by atoms with van der Waals surface area (Å²) in [6.07, 6.45) is 8.85. The molecular weight excluding hydrogens is 204 g/mol. The van der Waals surface area contributed by atoms with Crippen molar-refractivity contribution in [2.75, 3.05) is 0 Å². The second-order valence-corrected chi connectivity index (χ2v) is 1.23. The molecule has 0 amide bonds. The fraction of sp³-hybridized carbons (Fsp3) is 0.529. The Labute approximate surface area is 113 Å². The Morgan fingerprint density at radius 1 is 0.529 bits per heavy atom. The average molecular weight is 242 g/mol. The zero-order valence-electron chi connectivity index (χ0n) is 14.0. The summed E-state index contributed by atoms with van der Waals surface area (Å²) in [4.78, 5) is 0. The van der Waals surface area contributed by atoms with Gasteiger partial charge in [0.1, 0.15) is 0 Å². The lowest BCUT2D eigenvalue weighted by molar-refractivity contribution is 1.50. The minimum absolute atomic E-state index is 1.64. The van der Waals surface area contributed by atoms with Gasteiger partial charge in [0, 0.05) is 0 Å². The van der Waals surface area contributed by atoms with Crippen molar-refractivity contribution in [1.82, 2.24) is 0 Å². The molecule has 17 heavy (non-hydrogen) atoms. The van der Waals surface area contributed by atoms with Gasteiger partial charge in [0.15, 0.2) is 0 Å². The van der Waals surface area contributed by atoms with E-state index in [1.54, 1.807) is 18.2 Å². The predicted octanol–water partition coefficient (Wildman–Crippen LogP) is 7.21. The van der Waals surface area contributed by atoms with Gasteiger partial charge in [0.2, 0.25) is 0 Å². The molecule has 0 heterocycles. The average Bonchev–Trinajstić information content (AvgIpc) is 2.48. The maximum atomic E-state index is 3.46. The standard InChI is InChI=1S/C5H8.C4H6.4C2H6/c1-3-5-4-2;1-3-4-2;4*1-2/h3-5H,1H2,2H3;3-4H,1-2H2;4*1-2H3/b5-4-;;;;;. The highest BCUT2D eigenvalue weighted by molar-refractivity contribution is 4.94. The topological polar surface area (TPSA) is 0 Å². The Morgan fingerprint density at radius 3 is 0.765 bits per heavy atom. The van der Waals surface area contributed by atoms with Crippen molar-refractivity contribution in [3.05, 3.63) is 50.1 Å². The largest absolute Gasteiger partial charge is 0.0991 e. The lowest BCUT2D eigenvalue weighted by Gasteiger charge is -1.56. The van der Waals surface area contributed by atoms with Crippen LogP contribution in [0.5, 0.6) is 0 Å². The Hall–Kier alpha value is -1.04. The van der Waals surface area contributed by atoms with Gasteiger partial charge in [-0.25, -0.2) is 0 Å². The minimum atomic E-state index is 1.64. The molecule has 0 aromatic rings. The molecule has 0 bridgehead atoms. The van der Waals surface area contributed by atoms with E-state index in [4.69, 9.17) is 0 Å². The monoisotopic (exact) mass is 242 g/mol. The molecule has 0 aromatic carbocycles. The van der Waals surface area contributed by atoms with Crippen molar-refractivity contribution in [3.8, 4) is 0 Å². The van der Waals surface area contributed by atoms with Crippen molar-refractivity contribution >= 4 is 0 Å². The van der Waals surface area contributed by atoms with E-state index in [2.05, 4.69) is 19.7 Å². The Bertz CT molecular complexity index is 90.6. The Balaban J connectivity index is -0.0000000228. The molecule has 0 unspecified atom stereocenters. The highest BCUT2D eigenvalue weighted by Crippen LogP contribution is 1.64. The molecule has 0 aliphatic heterocycles. The van der Waals surface area contributed by atoms with Gasteiger partial charge < -0.3 is 0 Å². The second-order valence-electron chi connectivity index (χ2n) is 1.23. The normalized spacial score (nSPS) is 5.24. The quantitative estimate of drug-likeness (QED) is 0.449. The van der Waals surface area contributed by atoms with Crippen LogP contribution >= 0.6 is 0 Å². The van der Waals surface area contributed by atoms with Crippen LogP contribution < -0.4 is 0 Å². The predicted molar refractivity (Wildman–Crippen MR) is 90.8 cm³/mol. The molecule has 0 heteroatoms. The summed E-state index contributed by atoms with van der Waals surface area (Å²) in [5.41, 5.74) is 0. The Morgan fingerprint density at radius 2 is 0.765 bits per heavy atom. The summed E-state index contributed by atoms with van der Waals surface area (Å²) in [6, 6.07) is 0. The lowest BCUT2D eigenvalue weighted by Crippen LogP contribution is -1.33. The van der Waals surface area contributed by atoms with Gasteiger partial charge in [-0.05, 0) is 6.92 Å². The zero-order valence-corrected chi connectivity index (χ0v) is 14.0. The highest BCUT2D eigenvalue weighted by Gasteiger charge is 1.42. The van der Waals surface area contributed by atoms with Crippen molar-refractivity contribution < 1.29 is 0 Å². The molecule has 0 radical (unpaired) electrons. The molecule has 0 rings (SSSR count). The fourth-order valence-electron chi connectivity index (χ4n) is 0.136. The van der Waals surface area contributed by atoms with Gasteiger partial charge in [-0.3, -0.25) is 0 Å². The van der Waals surface area contributed by atoms with Crippen LogP contribution in [-0.4, -0.2) is 0 Å². The fourth-order valence-corrected chi connectivity index (χ4v) is 0.136. The maximum Gasteiger partial charge on any atom is -0.0467 e. The number of hydrogen-bond donors (Lipinski definition) is 0. The molecule has 0 spiro atoms.